The number of Topliss-reactive ketones (excluding diaryl/α,β-unsaturated/α-hetero) is 1. The Hall–Kier alpha value is -1.66. The van der Waals surface area contributed by atoms with Crippen LogP contribution < -0.4 is 0 Å². The zero-order valence-electron chi connectivity index (χ0n) is 13.5. The summed E-state index contributed by atoms with van der Waals surface area (Å²) in [6.07, 6.45) is 14.0. The molecule has 0 aromatic heterocycles. The van der Waals surface area contributed by atoms with Crippen LogP contribution in [-0.2, 0) is 9.59 Å². The van der Waals surface area contributed by atoms with Crippen molar-refractivity contribution in [2.24, 2.45) is 23.2 Å². The minimum absolute atomic E-state index is 0.223. The Balaban J connectivity index is 1.72. The van der Waals surface area contributed by atoms with E-state index in [1.54, 1.807) is 0 Å². The molecule has 0 aliphatic heterocycles. The molecule has 5 atom stereocenters. The lowest BCUT2D eigenvalue weighted by atomic mass is 9.53. The second-order valence-electron chi connectivity index (χ2n) is 7.88. The zero-order valence-corrected chi connectivity index (χ0v) is 13.5. The summed E-state index contributed by atoms with van der Waals surface area (Å²) in [6, 6.07) is 0. The fourth-order valence-corrected chi connectivity index (χ4v) is 5.87. The van der Waals surface area contributed by atoms with Gasteiger partial charge in [0.1, 0.15) is 5.60 Å². The number of terminal acetylenes is 1. The molecule has 0 heterocycles. The maximum atomic E-state index is 12.1. The van der Waals surface area contributed by atoms with E-state index in [0.717, 1.165) is 36.8 Å². The summed E-state index contributed by atoms with van der Waals surface area (Å²) in [5, 5.41) is 10.9. The Morgan fingerprint density at radius 1 is 1.22 bits per heavy atom. The van der Waals surface area contributed by atoms with Gasteiger partial charge in [-0.05, 0) is 67.9 Å². The van der Waals surface area contributed by atoms with Gasteiger partial charge in [-0.15, -0.1) is 6.42 Å². The van der Waals surface area contributed by atoms with Gasteiger partial charge in [-0.2, -0.15) is 0 Å². The highest BCUT2D eigenvalue weighted by Crippen LogP contribution is 2.63. The number of rotatable bonds is 0. The van der Waals surface area contributed by atoms with E-state index in [4.69, 9.17) is 6.42 Å². The lowest BCUT2D eigenvalue weighted by Crippen LogP contribution is -2.51. The maximum absolute atomic E-state index is 12.1. The van der Waals surface area contributed by atoms with Crippen molar-refractivity contribution in [1.82, 2.24) is 0 Å². The third-order valence-electron chi connectivity index (χ3n) is 7.22. The second kappa shape index (κ2) is 4.68. The molecule has 4 aliphatic carbocycles. The van der Waals surface area contributed by atoms with Gasteiger partial charge in [0.25, 0.3) is 0 Å². The molecule has 0 aromatic rings. The first-order valence-electron chi connectivity index (χ1n) is 8.61. The number of allylic oxidation sites excluding steroid dienone is 4. The van der Waals surface area contributed by atoms with Gasteiger partial charge >= 0.3 is 0 Å². The summed E-state index contributed by atoms with van der Waals surface area (Å²) in [4.78, 5) is 23.8. The first-order chi connectivity index (χ1) is 10.9. The van der Waals surface area contributed by atoms with Crippen molar-refractivity contribution in [3.05, 3.63) is 23.3 Å². The molecule has 0 bridgehead atoms. The lowest BCUT2D eigenvalue weighted by molar-refractivity contribution is -0.132. The van der Waals surface area contributed by atoms with Gasteiger partial charge in [0, 0.05) is 11.0 Å². The van der Waals surface area contributed by atoms with Crippen molar-refractivity contribution in [2.45, 2.75) is 51.0 Å². The topological polar surface area (TPSA) is 54.4 Å². The van der Waals surface area contributed by atoms with Crippen molar-refractivity contribution < 1.29 is 14.7 Å². The number of aliphatic hydroxyl groups is 1. The summed E-state index contributed by atoms with van der Waals surface area (Å²) in [5.41, 5.74) is 0.613. The Bertz CT molecular complexity index is 707. The fraction of sp³-hybridized carbons (Fsp3) is 0.600. The Morgan fingerprint density at radius 3 is 2.74 bits per heavy atom. The van der Waals surface area contributed by atoms with Gasteiger partial charge in [-0.1, -0.05) is 18.9 Å². The summed E-state index contributed by atoms with van der Waals surface area (Å²) in [5.74, 6) is 3.18. The van der Waals surface area contributed by atoms with Crippen LogP contribution in [0.1, 0.15) is 45.4 Å². The van der Waals surface area contributed by atoms with Crippen LogP contribution in [0.5, 0.6) is 0 Å². The molecule has 0 unspecified atom stereocenters. The van der Waals surface area contributed by atoms with Gasteiger partial charge in [0.15, 0.2) is 0 Å². The van der Waals surface area contributed by atoms with Crippen LogP contribution in [0.15, 0.2) is 23.3 Å². The third-order valence-corrected chi connectivity index (χ3v) is 7.22. The highest BCUT2D eigenvalue weighted by molar-refractivity contribution is 6.48. The number of hydrogen-bond donors (Lipinski definition) is 1. The van der Waals surface area contributed by atoms with Crippen LogP contribution >= 0.6 is 0 Å². The second-order valence-corrected chi connectivity index (χ2v) is 7.88. The van der Waals surface area contributed by atoms with Crippen molar-refractivity contribution >= 4 is 11.6 Å². The number of carbonyl (C=O) groups excluding carboxylic acids is 2. The normalized spacial score (nSPS) is 45.3. The summed E-state index contributed by atoms with van der Waals surface area (Å²) >= 11 is 0. The van der Waals surface area contributed by atoms with Crippen LogP contribution in [-0.4, -0.2) is 22.3 Å². The first-order valence-corrected chi connectivity index (χ1v) is 8.61. The van der Waals surface area contributed by atoms with E-state index in [-0.39, 0.29) is 17.0 Å². The molecule has 3 nitrogen and oxygen atoms in total. The SMILES string of the molecule is C#C[C@]1(O)CC[C@H]2[C@@H]3CCC4=C(C=CC(=O)C4=O)[C@H]3CC[C@@]21C. The average Bonchev–Trinajstić information content (AvgIpc) is 2.83. The van der Waals surface area contributed by atoms with Gasteiger partial charge in [0.2, 0.25) is 11.6 Å². The van der Waals surface area contributed by atoms with Crippen LogP contribution in [0, 0.1) is 35.5 Å². The quantitative estimate of drug-likeness (QED) is 0.425. The average molecular weight is 310 g/mol. The van der Waals surface area contributed by atoms with Gasteiger partial charge in [-0.25, -0.2) is 0 Å². The fourth-order valence-electron chi connectivity index (χ4n) is 5.87. The summed E-state index contributed by atoms with van der Waals surface area (Å²) in [6.45, 7) is 2.15. The van der Waals surface area contributed by atoms with E-state index in [1.807, 2.05) is 6.08 Å². The molecule has 0 spiro atoms. The monoisotopic (exact) mass is 310 g/mol. The Morgan fingerprint density at radius 2 is 2.00 bits per heavy atom. The van der Waals surface area contributed by atoms with E-state index in [9.17, 15) is 14.7 Å². The van der Waals surface area contributed by atoms with E-state index in [1.165, 1.54) is 6.08 Å². The third kappa shape index (κ3) is 1.76. The van der Waals surface area contributed by atoms with Crippen LogP contribution in [0.2, 0.25) is 0 Å². The van der Waals surface area contributed by atoms with Crippen molar-refractivity contribution in [2.75, 3.05) is 0 Å². The predicted molar refractivity (Wildman–Crippen MR) is 86.2 cm³/mol. The van der Waals surface area contributed by atoms with Gasteiger partial charge < -0.3 is 5.11 Å². The smallest absolute Gasteiger partial charge is 0.229 e. The van der Waals surface area contributed by atoms with E-state index in [0.29, 0.717) is 30.6 Å². The molecule has 4 rings (SSSR count). The minimum atomic E-state index is -0.995. The molecule has 4 aliphatic rings. The number of ketones is 2. The Kier molecular flexibility index (Phi) is 3.03. The lowest BCUT2D eigenvalue weighted by Gasteiger charge is -2.52. The molecule has 0 saturated heterocycles. The molecule has 2 saturated carbocycles. The van der Waals surface area contributed by atoms with E-state index in [2.05, 4.69) is 12.8 Å². The number of hydrogen-bond acceptors (Lipinski definition) is 3. The van der Waals surface area contributed by atoms with Crippen LogP contribution in [0.25, 0.3) is 0 Å². The molecule has 0 amide bonds. The predicted octanol–water partition coefficient (Wildman–Crippen LogP) is 2.59. The van der Waals surface area contributed by atoms with Gasteiger partial charge in [-0.3, -0.25) is 9.59 Å². The summed E-state index contributed by atoms with van der Waals surface area (Å²) < 4.78 is 0. The number of carbonyl (C=O) groups is 2. The Labute approximate surface area is 136 Å². The minimum Gasteiger partial charge on any atom is -0.377 e. The largest absolute Gasteiger partial charge is 0.377 e. The highest BCUT2D eigenvalue weighted by Gasteiger charge is 2.61. The molecule has 3 heteroatoms. The maximum Gasteiger partial charge on any atom is 0.229 e. The van der Waals surface area contributed by atoms with Crippen LogP contribution in [0.4, 0.5) is 0 Å². The molecule has 23 heavy (non-hydrogen) atoms. The number of fused-ring (bicyclic) bond motifs is 4. The van der Waals surface area contributed by atoms with Crippen LogP contribution in [0.3, 0.4) is 0 Å². The van der Waals surface area contributed by atoms with Gasteiger partial charge in [0.05, 0.1) is 0 Å². The first kappa shape index (κ1) is 14.9. The van der Waals surface area contributed by atoms with Crippen molar-refractivity contribution in [1.29, 1.82) is 0 Å². The van der Waals surface area contributed by atoms with E-state index < -0.39 is 5.60 Å². The zero-order chi connectivity index (χ0) is 16.4. The van der Waals surface area contributed by atoms with Crippen molar-refractivity contribution in [3.63, 3.8) is 0 Å². The molecule has 0 aromatic carbocycles. The van der Waals surface area contributed by atoms with E-state index >= 15 is 0 Å². The van der Waals surface area contributed by atoms with Crippen molar-refractivity contribution in [3.8, 4) is 12.3 Å². The molecule has 120 valence electrons. The summed E-state index contributed by atoms with van der Waals surface area (Å²) in [7, 11) is 0. The molecular formula is C20H22O3. The molecule has 2 fully saturated rings. The standard InChI is InChI=1S/C20H22O3/c1-3-20(23)11-9-16-14-4-5-15-12(6-7-17(21)18(15)22)13(14)8-10-19(16,20)2/h1,6-7,13-14,16,23H,4-5,8-11H2,2H3/t13-,14-,16+,19+,20+/m1/s1. The molecule has 1 N–H and O–H groups in total. The molecule has 0 radical (unpaired) electrons. The highest BCUT2D eigenvalue weighted by atomic mass is 16.3. The molecular weight excluding hydrogens is 288 g/mol.